The molecule has 2 aromatic rings. The number of halogens is 2. The normalized spacial score (nSPS) is 11.5. The molecule has 0 radical (unpaired) electrons. The highest BCUT2D eigenvalue weighted by atomic mass is 35.5. The van der Waals surface area contributed by atoms with Crippen LogP contribution in [0.4, 0.5) is 5.69 Å². The van der Waals surface area contributed by atoms with Crippen LogP contribution in [0, 0.1) is 0 Å². The molecule has 0 aromatic heterocycles. The first-order valence-corrected chi connectivity index (χ1v) is 9.35. The van der Waals surface area contributed by atoms with Gasteiger partial charge in [0.1, 0.15) is 5.75 Å². The van der Waals surface area contributed by atoms with E-state index in [9.17, 15) is 9.59 Å². The number of ether oxygens (including phenoxy) is 2. The molecule has 2 rings (SSSR count). The van der Waals surface area contributed by atoms with Gasteiger partial charge in [0, 0.05) is 9.92 Å². The van der Waals surface area contributed by atoms with Crippen molar-refractivity contribution in [3.8, 4) is 5.75 Å². The predicted molar refractivity (Wildman–Crippen MR) is 104 cm³/mol. The number of thioether (sulfide) groups is 1. The fraction of sp³-hybridized carbons (Fsp3) is 0.222. The van der Waals surface area contributed by atoms with Gasteiger partial charge in [-0.25, -0.2) is 0 Å². The van der Waals surface area contributed by atoms with Gasteiger partial charge in [-0.15, -0.1) is 11.8 Å². The third-order valence-corrected chi connectivity index (χ3v) is 4.82. The van der Waals surface area contributed by atoms with Gasteiger partial charge in [-0.2, -0.15) is 0 Å². The van der Waals surface area contributed by atoms with Crippen LogP contribution in [0.2, 0.25) is 10.0 Å². The number of esters is 1. The molecule has 1 N–H and O–H groups in total. The fourth-order valence-electron chi connectivity index (χ4n) is 1.92. The van der Waals surface area contributed by atoms with Crippen molar-refractivity contribution in [2.75, 3.05) is 18.2 Å². The zero-order valence-electron chi connectivity index (χ0n) is 14.1. The lowest BCUT2D eigenvalue weighted by Gasteiger charge is -2.14. The summed E-state index contributed by atoms with van der Waals surface area (Å²) in [6, 6.07) is 12.0. The van der Waals surface area contributed by atoms with Crippen LogP contribution in [-0.4, -0.2) is 30.8 Å². The fourth-order valence-corrected chi connectivity index (χ4v) is 3.06. The highest BCUT2D eigenvalue weighted by Gasteiger charge is 2.19. The second kappa shape index (κ2) is 9.71. The van der Waals surface area contributed by atoms with E-state index >= 15 is 0 Å². The number of methoxy groups -OCH3 is 1. The van der Waals surface area contributed by atoms with Gasteiger partial charge >= 0.3 is 5.97 Å². The Kier molecular flexibility index (Phi) is 7.63. The standard InChI is InChI=1S/C18H17Cl2NO4S/c1-11(18(23)21-16-8-3-12(19)9-15(16)20)25-17(22)10-26-14-6-4-13(24-2)5-7-14/h3-9,11H,10H2,1-2H3,(H,21,23)/t11-/m1/s1. The Labute approximate surface area is 166 Å². The Morgan fingerprint density at radius 2 is 1.85 bits per heavy atom. The van der Waals surface area contributed by atoms with E-state index < -0.39 is 18.0 Å². The summed E-state index contributed by atoms with van der Waals surface area (Å²) in [6.45, 7) is 1.50. The minimum atomic E-state index is -0.953. The van der Waals surface area contributed by atoms with Crippen LogP contribution in [0.3, 0.4) is 0 Å². The summed E-state index contributed by atoms with van der Waals surface area (Å²) < 4.78 is 10.2. The Morgan fingerprint density at radius 3 is 2.46 bits per heavy atom. The van der Waals surface area contributed by atoms with Crippen molar-refractivity contribution in [3.05, 3.63) is 52.5 Å². The summed E-state index contributed by atoms with van der Waals surface area (Å²) in [5, 5.41) is 3.37. The lowest BCUT2D eigenvalue weighted by atomic mass is 10.3. The molecule has 0 unspecified atom stereocenters. The molecule has 1 atom stereocenters. The van der Waals surface area contributed by atoms with Crippen LogP contribution in [0.5, 0.6) is 5.75 Å². The molecule has 0 saturated heterocycles. The average Bonchev–Trinajstić information content (AvgIpc) is 2.62. The number of carbonyl (C=O) groups excluding carboxylic acids is 2. The number of carbonyl (C=O) groups is 2. The van der Waals surface area contributed by atoms with E-state index in [2.05, 4.69) is 5.32 Å². The van der Waals surface area contributed by atoms with Crippen molar-refractivity contribution in [1.82, 2.24) is 0 Å². The molecule has 0 spiro atoms. The molecule has 5 nitrogen and oxygen atoms in total. The van der Waals surface area contributed by atoms with Crippen LogP contribution in [-0.2, 0) is 14.3 Å². The molecule has 0 aliphatic carbocycles. The van der Waals surface area contributed by atoms with E-state index in [1.54, 1.807) is 31.4 Å². The summed E-state index contributed by atoms with van der Waals surface area (Å²) in [6.07, 6.45) is -0.953. The first-order chi connectivity index (χ1) is 12.4. The van der Waals surface area contributed by atoms with Crippen LogP contribution >= 0.6 is 35.0 Å². The Bertz CT molecular complexity index is 783. The van der Waals surface area contributed by atoms with Crippen LogP contribution < -0.4 is 10.1 Å². The summed E-state index contributed by atoms with van der Waals surface area (Å²) in [7, 11) is 1.59. The number of rotatable bonds is 7. The van der Waals surface area contributed by atoms with Gasteiger partial charge < -0.3 is 14.8 Å². The Morgan fingerprint density at radius 1 is 1.15 bits per heavy atom. The van der Waals surface area contributed by atoms with E-state index in [-0.39, 0.29) is 5.75 Å². The molecule has 2 aromatic carbocycles. The first kappa shape index (κ1) is 20.4. The molecule has 0 fully saturated rings. The minimum Gasteiger partial charge on any atom is -0.497 e. The number of amides is 1. The van der Waals surface area contributed by atoms with Crippen LogP contribution in [0.15, 0.2) is 47.4 Å². The van der Waals surface area contributed by atoms with Crippen molar-refractivity contribution in [2.24, 2.45) is 0 Å². The lowest BCUT2D eigenvalue weighted by molar-refractivity contribution is -0.150. The number of hydrogen-bond acceptors (Lipinski definition) is 5. The number of hydrogen-bond donors (Lipinski definition) is 1. The molecular weight excluding hydrogens is 397 g/mol. The van der Waals surface area contributed by atoms with Crippen molar-refractivity contribution < 1.29 is 19.1 Å². The summed E-state index contributed by atoms with van der Waals surface area (Å²) in [5.74, 6) is -0.137. The molecule has 138 valence electrons. The summed E-state index contributed by atoms with van der Waals surface area (Å²) >= 11 is 13.1. The predicted octanol–water partition coefficient (Wildman–Crippen LogP) is 4.66. The number of benzene rings is 2. The van der Waals surface area contributed by atoms with E-state index in [4.69, 9.17) is 32.7 Å². The molecule has 0 bridgehead atoms. The third kappa shape index (κ3) is 6.12. The van der Waals surface area contributed by atoms with Crippen molar-refractivity contribution in [1.29, 1.82) is 0 Å². The van der Waals surface area contributed by atoms with E-state index in [0.29, 0.717) is 15.7 Å². The maximum absolute atomic E-state index is 12.1. The van der Waals surface area contributed by atoms with Gasteiger partial charge in [0.25, 0.3) is 5.91 Å². The monoisotopic (exact) mass is 413 g/mol. The van der Waals surface area contributed by atoms with E-state index in [1.165, 1.54) is 24.8 Å². The van der Waals surface area contributed by atoms with Gasteiger partial charge in [-0.1, -0.05) is 23.2 Å². The average molecular weight is 414 g/mol. The first-order valence-electron chi connectivity index (χ1n) is 7.61. The topological polar surface area (TPSA) is 64.6 Å². The van der Waals surface area contributed by atoms with Gasteiger partial charge in [0.15, 0.2) is 6.10 Å². The second-order valence-electron chi connectivity index (χ2n) is 5.21. The van der Waals surface area contributed by atoms with Crippen molar-refractivity contribution in [2.45, 2.75) is 17.9 Å². The molecule has 0 heterocycles. The maximum atomic E-state index is 12.1. The van der Waals surface area contributed by atoms with Crippen LogP contribution in [0.25, 0.3) is 0 Å². The number of anilines is 1. The SMILES string of the molecule is COc1ccc(SCC(=O)O[C@H](C)C(=O)Nc2ccc(Cl)cc2Cl)cc1. The lowest BCUT2D eigenvalue weighted by Crippen LogP contribution is -2.30. The molecule has 0 aliphatic heterocycles. The van der Waals surface area contributed by atoms with Gasteiger partial charge in [0.2, 0.25) is 0 Å². The molecule has 26 heavy (non-hydrogen) atoms. The summed E-state index contributed by atoms with van der Waals surface area (Å²) in [5.41, 5.74) is 0.400. The van der Waals surface area contributed by atoms with Crippen LogP contribution in [0.1, 0.15) is 6.92 Å². The number of nitrogens with one attached hydrogen (secondary N) is 1. The highest BCUT2D eigenvalue weighted by Crippen LogP contribution is 2.25. The third-order valence-electron chi connectivity index (χ3n) is 3.28. The minimum absolute atomic E-state index is 0.0889. The van der Waals surface area contributed by atoms with E-state index in [1.807, 2.05) is 12.1 Å². The summed E-state index contributed by atoms with van der Waals surface area (Å²) in [4.78, 5) is 25.0. The molecule has 1 amide bonds. The second-order valence-corrected chi connectivity index (χ2v) is 7.10. The zero-order chi connectivity index (χ0) is 19.1. The van der Waals surface area contributed by atoms with Crippen molar-refractivity contribution in [3.63, 3.8) is 0 Å². The maximum Gasteiger partial charge on any atom is 0.317 e. The zero-order valence-corrected chi connectivity index (χ0v) is 16.5. The highest BCUT2D eigenvalue weighted by molar-refractivity contribution is 8.00. The smallest absolute Gasteiger partial charge is 0.317 e. The Hall–Kier alpha value is -1.89. The van der Waals surface area contributed by atoms with Gasteiger partial charge in [-0.3, -0.25) is 9.59 Å². The molecule has 8 heteroatoms. The van der Waals surface area contributed by atoms with Gasteiger partial charge in [0.05, 0.1) is 23.6 Å². The van der Waals surface area contributed by atoms with Crippen molar-refractivity contribution >= 4 is 52.5 Å². The quantitative estimate of drug-likeness (QED) is 0.527. The van der Waals surface area contributed by atoms with Gasteiger partial charge in [-0.05, 0) is 49.4 Å². The molecule has 0 aliphatic rings. The molecule has 0 saturated carbocycles. The van der Waals surface area contributed by atoms with E-state index in [0.717, 1.165) is 10.6 Å². The largest absolute Gasteiger partial charge is 0.497 e. The Balaban J connectivity index is 1.82. The molecular formula is C18H17Cl2NO4S.